The van der Waals surface area contributed by atoms with Crippen molar-refractivity contribution < 1.29 is 14.6 Å². The zero-order valence-electron chi connectivity index (χ0n) is 12.0. The Bertz CT molecular complexity index is 523. The van der Waals surface area contributed by atoms with Gasteiger partial charge in [-0.3, -0.25) is 14.2 Å². The Morgan fingerprint density at radius 1 is 1.48 bits per heavy atom. The highest BCUT2D eigenvalue weighted by molar-refractivity contribution is 5.66. The van der Waals surface area contributed by atoms with Gasteiger partial charge in [-0.2, -0.15) is 0 Å². The summed E-state index contributed by atoms with van der Waals surface area (Å²) in [5.74, 6) is -0.231. The van der Waals surface area contributed by atoms with Crippen molar-refractivity contribution in [3.05, 3.63) is 22.7 Å². The first-order chi connectivity index (χ1) is 10.2. The van der Waals surface area contributed by atoms with E-state index < -0.39 is 11.5 Å². The van der Waals surface area contributed by atoms with Crippen LogP contribution < -0.4 is 10.9 Å². The molecule has 1 aromatic rings. The number of hydrogen-bond donors (Lipinski definition) is 2. The summed E-state index contributed by atoms with van der Waals surface area (Å²) in [6.07, 6.45) is 7.85. The lowest BCUT2D eigenvalue weighted by atomic mass is 10.1. The Morgan fingerprint density at radius 3 is 2.95 bits per heavy atom. The Hall–Kier alpha value is -1.89. The second-order valence-electron chi connectivity index (χ2n) is 5.25. The van der Waals surface area contributed by atoms with Gasteiger partial charge in [0.05, 0.1) is 6.61 Å². The number of anilines is 1. The molecule has 2 N–H and O–H groups in total. The average molecular weight is 295 g/mol. The Morgan fingerprint density at radius 2 is 2.24 bits per heavy atom. The predicted octanol–water partition coefficient (Wildman–Crippen LogP) is 0.947. The average Bonchev–Trinajstić information content (AvgIpc) is 2.95. The highest BCUT2D eigenvalue weighted by Gasteiger charge is 2.14. The van der Waals surface area contributed by atoms with Crippen LogP contribution in [0.4, 0.5) is 5.82 Å². The van der Waals surface area contributed by atoms with E-state index in [-0.39, 0.29) is 12.4 Å². The molecule has 0 amide bonds. The van der Waals surface area contributed by atoms with E-state index in [1.165, 1.54) is 38.1 Å². The number of nitrogens with zero attached hydrogens (tertiary/aromatic N) is 2. The molecule has 0 atom stereocenters. The van der Waals surface area contributed by atoms with E-state index in [4.69, 9.17) is 9.84 Å². The summed E-state index contributed by atoms with van der Waals surface area (Å²) in [6, 6.07) is 0. The maximum absolute atomic E-state index is 11.9. The summed E-state index contributed by atoms with van der Waals surface area (Å²) in [4.78, 5) is 26.5. The van der Waals surface area contributed by atoms with Crippen LogP contribution in [0.15, 0.2) is 17.2 Å². The maximum Gasteiger partial charge on any atom is 0.323 e. The van der Waals surface area contributed by atoms with E-state index in [1.807, 2.05) is 0 Å². The lowest BCUT2D eigenvalue weighted by Crippen LogP contribution is -2.28. The van der Waals surface area contributed by atoms with Crippen LogP contribution in [-0.4, -0.2) is 40.4 Å². The molecule has 1 fully saturated rings. The Balaban J connectivity index is 1.74. The highest BCUT2D eigenvalue weighted by atomic mass is 16.5. The van der Waals surface area contributed by atoms with E-state index in [2.05, 4.69) is 10.3 Å². The van der Waals surface area contributed by atoms with Crippen LogP contribution in [0.3, 0.4) is 0 Å². The second-order valence-corrected chi connectivity index (χ2v) is 5.25. The van der Waals surface area contributed by atoms with Crippen LogP contribution in [0, 0.1) is 5.92 Å². The van der Waals surface area contributed by atoms with E-state index >= 15 is 0 Å². The topological polar surface area (TPSA) is 93.4 Å². The quantitative estimate of drug-likeness (QED) is 0.693. The van der Waals surface area contributed by atoms with Crippen molar-refractivity contribution in [1.29, 1.82) is 0 Å². The number of hydrogen-bond acceptors (Lipinski definition) is 5. The van der Waals surface area contributed by atoms with Gasteiger partial charge in [-0.15, -0.1) is 0 Å². The number of aliphatic carboxylic acids is 1. The molecule has 1 heterocycles. The van der Waals surface area contributed by atoms with Gasteiger partial charge in [0.1, 0.15) is 6.54 Å². The van der Waals surface area contributed by atoms with Crippen molar-refractivity contribution in [2.45, 2.75) is 32.2 Å². The fourth-order valence-corrected chi connectivity index (χ4v) is 2.51. The number of ether oxygens (including phenoxy) is 1. The summed E-state index contributed by atoms with van der Waals surface area (Å²) in [6.45, 7) is 1.39. The molecule has 1 aromatic heterocycles. The van der Waals surface area contributed by atoms with Gasteiger partial charge >= 0.3 is 5.97 Å². The first kappa shape index (κ1) is 15.5. The summed E-state index contributed by atoms with van der Waals surface area (Å²) in [5, 5.41) is 11.6. The summed E-state index contributed by atoms with van der Waals surface area (Å²) >= 11 is 0. The van der Waals surface area contributed by atoms with Crippen LogP contribution in [0.1, 0.15) is 25.7 Å². The molecule has 116 valence electrons. The van der Waals surface area contributed by atoms with Crippen molar-refractivity contribution in [2.75, 3.05) is 25.1 Å². The fraction of sp³-hybridized carbons (Fsp3) is 0.643. The molecule has 0 bridgehead atoms. The molecule has 1 aliphatic rings. The highest BCUT2D eigenvalue weighted by Crippen LogP contribution is 2.24. The molecule has 0 aromatic carbocycles. The summed E-state index contributed by atoms with van der Waals surface area (Å²) < 4.78 is 6.69. The first-order valence-electron chi connectivity index (χ1n) is 7.25. The van der Waals surface area contributed by atoms with Gasteiger partial charge < -0.3 is 15.2 Å². The normalized spacial score (nSPS) is 15.2. The van der Waals surface area contributed by atoms with E-state index in [0.29, 0.717) is 19.1 Å². The molecule has 0 aliphatic heterocycles. The van der Waals surface area contributed by atoms with Crippen LogP contribution in [0.25, 0.3) is 0 Å². The van der Waals surface area contributed by atoms with Gasteiger partial charge in [0.15, 0.2) is 5.82 Å². The van der Waals surface area contributed by atoms with Crippen LogP contribution in [0.2, 0.25) is 0 Å². The molecular formula is C14H21N3O4. The molecule has 0 saturated heterocycles. The van der Waals surface area contributed by atoms with Crippen LogP contribution >= 0.6 is 0 Å². The van der Waals surface area contributed by atoms with Crippen molar-refractivity contribution in [1.82, 2.24) is 9.55 Å². The number of nitrogens with one attached hydrogen (secondary N) is 1. The summed E-state index contributed by atoms with van der Waals surface area (Å²) in [5.41, 5.74) is -0.435. The molecule has 0 unspecified atom stereocenters. The smallest absolute Gasteiger partial charge is 0.323 e. The molecule has 2 rings (SSSR count). The van der Waals surface area contributed by atoms with Crippen LogP contribution in [-0.2, 0) is 16.1 Å². The second kappa shape index (κ2) is 7.78. The largest absolute Gasteiger partial charge is 0.480 e. The monoisotopic (exact) mass is 295 g/mol. The zero-order chi connectivity index (χ0) is 15.1. The number of carbonyl (C=O) groups is 1. The molecule has 21 heavy (non-hydrogen) atoms. The van der Waals surface area contributed by atoms with E-state index in [0.717, 1.165) is 11.2 Å². The van der Waals surface area contributed by atoms with Gasteiger partial charge in [-0.25, -0.2) is 4.98 Å². The van der Waals surface area contributed by atoms with Gasteiger partial charge in [-0.05, 0) is 18.8 Å². The lowest BCUT2D eigenvalue weighted by molar-refractivity contribution is -0.137. The number of aromatic nitrogens is 2. The third kappa shape index (κ3) is 4.86. The van der Waals surface area contributed by atoms with E-state index in [9.17, 15) is 9.59 Å². The Labute approximate surface area is 123 Å². The van der Waals surface area contributed by atoms with Crippen molar-refractivity contribution in [3.63, 3.8) is 0 Å². The first-order valence-corrected chi connectivity index (χ1v) is 7.25. The molecule has 7 heteroatoms. The molecule has 0 radical (unpaired) electrons. The molecule has 1 aliphatic carbocycles. The molecule has 1 saturated carbocycles. The Kier molecular flexibility index (Phi) is 5.74. The third-order valence-corrected chi connectivity index (χ3v) is 3.59. The zero-order valence-corrected chi connectivity index (χ0v) is 12.0. The fourth-order valence-electron chi connectivity index (χ4n) is 2.51. The third-order valence-electron chi connectivity index (χ3n) is 3.59. The minimum absolute atomic E-state index is 0.156. The van der Waals surface area contributed by atoms with Gasteiger partial charge in [-0.1, -0.05) is 12.8 Å². The standard InChI is InChI=1S/C14H21N3O4/c18-12(19)9-17-7-5-15-13(14(17)20)16-6-8-21-10-11-3-1-2-4-11/h5,7,11H,1-4,6,8-10H2,(H,15,16)(H,18,19). The molecular weight excluding hydrogens is 274 g/mol. The van der Waals surface area contributed by atoms with Crippen molar-refractivity contribution in [3.8, 4) is 0 Å². The number of rotatable bonds is 8. The summed E-state index contributed by atoms with van der Waals surface area (Å²) in [7, 11) is 0. The molecule has 0 spiro atoms. The van der Waals surface area contributed by atoms with Crippen LogP contribution in [0.5, 0.6) is 0 Å². The predicted molar refractivity (Wildman–Crippen MR) is 77.4 cm³/mol. The number of carboxylic acids is 1. The van der Waals surface area contributed by atoms with Crippen molar-refractivity contribution in [2.24, 2.45) is 5.92 Å². The SMILES string of the molecule is O=C(O)Cn1ccnc(NCCOCC2CCCC2)c1=O. The maximum atomic E-state index is 11.9. The van der Waals surface area contributed by atoms with E-state index in [1.54, 1.807) is 0 Å². The minimum Gasteiger partial charge on any atom is -0.480 e. The van der Waals surface area contributed by atoms with Gasteiger partial charge in [0.2, 0.25) is 0 Å². The van der Waals surface area contributed by atoms with Crippen molar-refractivity contribution >= 4 is 11.8 Å². The van der Waals surface area contributed by atoms with Gasteiger partial charge in [0.25, 0.3) is 5.56 Å². The minimum atomic E-state index is -1.06. The lowest BCUT2D eigenvalue weighted by Gasteiger charge is -2.11. The molecule has 7 nitrogen and oxygen atoms in total. The van der Waals surface area contributed by atoms with Gasteiger partial charge in [0, 0.05) is 25.5 Å². The number of carboxylic acid groups (broad SMARTS) is 1.